The molecule has 1 aliphatic rings. The smallest absolute Gasteiger partial charge is 0.138 e. The molecule has 0 aromatic carbocycles. The fourth-order valence-electron chi connectivity index (χ4n) is 1.43. The van der Waals surface area contributed by atoms with Gasteiger partial charge in [0.1, 0.15) is 12.2 Å². The molecule has 0 saturated carbocycles. The Morgan fingerprint density at radius 2 is 2.50 bits per heavy atom. The average molecular weight is 169 g/mol. The second-order valence-corrected chi connectivity index (χ2v) is 2.95. The topological polar surface area (TPSA) is 60.2 Å². The van der Waals surface area contributed by atoms with E-state index < -0.39 is 6.10 Å². The number of aliphatic hydroxyl groups excluding tert-OH is 1. The molecular weight excluding hydrogens is 158 g/mol. The van der Waals surface area contributed by atoms with Crippen molar-refractivity contribution in [3.8, 4) is 0 Å². The lowest BCUT2D eigenvalue weighted by molar-refractivity contribution is 0.124. The quantitative estimate of drug-likeness (QED) is 0.603. The highest BCUT2D eigenvalue weighted by Crippen LogP contribution is 2.22. The lowest BCUT2D eigenvalue weighted by Crippen LogP contribution is -2.19. The van der Waals surface area contributed by atoms with Crippen LogP contribution in [0.4, 0.5) is 0 Å². The van der Waals surface area contributed by atoms with Crippen molar-refractivity contribution in [3.63, 3.8) is 0 Å². The summed E-state index contributed by atoms with van der Waals surface area (Å²) >= 11 is 0. The van der Waals surface area contributed by atoms with Crippen molar-refractivity contribution in [1.82, 2.24) is 14.8 Å². The minimum atomic E-state index is -0.437. The minimum absolute atomic E-state index is 0.0162. The van der Waals surface area contributed by atoms with Crippen LogP contribution in [-0.4, -0.2) is 39.2 Å². The molecule has 5 nitrogen and oxygen atoms in total. The third-order valence-corrected chi connectivity index (χ3v) is 2.13. The lowest BCUT2D eigenvalue weighted by Gasteiger charge is -2.09. The molecule has 1 aromatic heterocycles. The van der Waals surface area contributed by atoms with Crippen LogP contribution in [0, 0.1) is 0 Å². The van der Waals surface area contributed by atoms with Crippen LogP contribution in [0.2, 0.25) is 0 Å². The maximum absolute atomic E-state index is 9.48. The molecule has 5 heteroatoms. The summed E-state index contributed by atoms with van der Waals surface area (Å²) in [5.74, 6) is 0.775. The molecule has 2 rings (SSSR count). The third kappa shape index (κ3) is 1.11. The molecule has 1 fully saturated rings. The first-order valence-corrected chi connectivity index (χ1v) is 3.88. The van der Waals surface area contributed by atoms with Crippen LogP contribution in [0.25, 0.3) is 0 Å². The zero-order valence-corrected chi connectivity index (χ0v) is 6.84. The number of aromatic nitrogens is 3. The van der Waals surface area contributed by atoms with Gasteiger partial charge in [0.15, 0.2) is 0 Å². The van der Waals surface area contributed by atoms with Crippen LogP contribution in [0.5, 0.6) is 0 Å². The van der Waals surface area contributed by atoms with E-state index in [2.05, 4.69) is 10.1 Å². The van der Waals surface area contributed by atoms with Gasteiger partial charge in [-0.3, -0.25) is 4.68 Å². The van der Waals surface area contributed by atoms with Crippen molar-refractivity contribution < 1.29 is 9.84 Å². The summed E-state index contributed by atoms with van der Waals surface area (Å²) < 4.78 is 6.79. The van der Waals surface area contributed by atoms with E-state index in [9.17, 15) is 5.11 Å². The molecule has 2 heterocycles. The number of nitrogens with zero attached hydrogens (tertiary/aromatic N) is 3. The molecule has 66 valence electrons. The predicted octanol–water partition coefficient (Wildman–Crippen LogP) is -0.710. The Balaban J connectivity index is 2.24. The molecule has 12 heavy (non-hydrogen) atoms. The van der Waals surface area contributed by atoms with Gasteiger partial charge in [0.25, 0.3) is 0 Å². The predicted molar refractivity (Wildman–Crippen MR) is 40.6 cm³/mol. The van der Waals surface area contributed by atoms with E-state index in [1.165, 1.54) is 6.33 Å². The summed E-state index contributed by atoms with van der Waals surface area (Å²) in [6.45, 7) is 0.936. The fraction of sp³-hybridized carbons (Fsp3) is 0.714. The van der Waals surface area contributed by atoms with Crippen molar-refractivity contribution in [2.24, 2.45) is 7.05 Å². The van der Waals surface area contributed by atoms with E-state index in [4.69, 9.17) is 4.74 Å². The Hall–Kier alpha value is -0.940. The molecule has 0 bridgehead atoms. The zero-order chi connectivity index (χ0) is 8.55. The van der Waals surface area contributed by atoms with E-state index >= 15 is 0 Å². The maximum atomic E-state index is 9.48. The van der Waals surface area contributed by atoms with Gasteiger partial charge < -0.3 is 9.84 Å². The van der Waals surface area contributed by atoms with Gasteiger partial charge in [0.05, 0.1) is 25.2 Å². The highest BCUT2D eigenvalue weighted by molar-refractivity contribution is 5.01. The van der Waals surface area contributed by atoms with E-state index in [1.807, 2.05) is 7.05 Å². The van der Waals surface area contributed by atoms with E-state index in [0.29, 0.717) is 13.2 Å². The summed E-state index contributed by atoms with van der Waals surface area (Å²) in [7, 11) is 1.81. The van der Waals surface area contributed by atoms with Crippen molar-refractivity contribution in [2.75, 3.05) is 13.2 Å². The van der Waals surface area contributed by atoms with Gasteiger partial charge in [0.2, 0.25) is 0 Å². The first-order valence-electron chi connectivity index (χ1n) is 3.88. The number of rotatable bonds is 1. The van der Waals surface area contributed by atoms with Gasteiger partial charge in [-0.1, -0.05) is 0 Å². The van der Waals surface area contributed by atoms with Crippen LogP contribution in [0.15, 0.2) is 6.33 Å². The van der Waals surface area contributed by atoms with E-state index in [-0.39, 0.29) is 5.92 Å². The summed E-state index contributed by atoms with van der Waals surface area (Å²) in [4.78, 5) is 4.06. The average Bonchev–Trinajstić information content (AvgIpc) is 2.59. The van der Waals surface area contributed by atoms with E-state index in [0.717, 1.165) is 5.82 Å². The molecule has 0 spiro atoms. The molecule has 2 unspecified atom stereocenters. The van der Waals surface area contributed by atoms with Crippen LogP contribution < -0.4 is 0 Å². The molecular formula is C7H11N3O2. The van der Waals surface area contributed by atoms with Crippen molar-refractivity contribution in [1.29, 1.82) is 0 Å². The first-order chi connectivity index (χ1) is 5.79. The third-order valence-electron chi connectivity index (χ3n) is 2.13. The Labute approximate surface area is 70.0 Å². The second-order valence-electron chi connectivity index (χ2n) is 2.95. The molecule has 1 aromatic rings. The normalized spacial score (nSPS) is 29.5. The number of aryl methyl sites for hydroxylation is 1. The maximum Gasteiger partial charge on any atom is 0.138 e. The van der Waals surface area contributed by atoms with Gasteiger partial charge >= 0.3 is 0 Å². The summed E-state index contributed by atoms with van der Waals surface area (Å²) in [6.07, 6.45) is 1.05. The van der Waals surface area contributed by atoms with Crippen molar-refractivity contribution in [3.05, 3.63) is 12.2 Å². The summed E-state index contributed by atoms with van der Waals surface area (Å²) in [6, 6.07) is 0. The molecule has 0 amide bonds. The first kappa shape index (κ1) is 7.70. The number of ether oxygens (including phenoxy) is 1. The van der Waals surface area contributed by atoms with E-state index in [1.54, 1.807) is 4.68 Å². The highest BCUT2D eigenvalue weighted by Gasteiger charge is 2.30. The SMILES string of the molecule is Cn1ncnc1C1COCC1O. The molecule has 0 radical (unpaired) electrons. The zero-order valence-electron chi connectivity index (χ0n) is 6.84. The highest BCUT2D eigenvalue weighted by atomic mass is 16.5. The standard InChI is InChI=1S/C7H11N3O2/c1-10-7(8-4-9-10)5-2-12-3-6(5)11/h4-6,11H,2-3H2,1H3. The Kier molecular flexibility index (Phi) is 1.82. The van der Waals surface area contributed by atoms with Crippen molar-refractivity contribution in [2.45, 2.75) is 12.0 Å². The minimum Gasteiger partial charge on any atom is -0.390 e. The van der Waals surface area contributed by atoms with Crippen LogP contribution in [0.1, 0.15) is 11.7 Å². The van der Waals surface area contributed by atoms with Crippen LogP contribution >= 0.6 is 0 Å². The molecule has 2 atom stereocenters. The van der Waals surface area contributed by atoms with Gasteiger partial charge in [-0.15, -0.1) is 0 Å². The van der Waals surface area contributed by atoms with Gasteiger partial charge in [-0.05, 0) is 0 Å². The fourth-order valence-corrected chi connectivity index (χ4v) is 1.43. The monoisotopic (exact) mass is 169 g/mol. The molecule has 1 saturated heterocycles. The van der Waals surface area contributed by atoms with Crippen LogP contribution in [0.3, 0.4) is 0 Å². The van der Waals surface area contributed by atoms with Crippen molar-refractivity contribution >= 4 is 0 Å². The lowest BCUT2D eigenvalue weighted by atomic mass is 10.1. The number of aliphatic hydroxyl groups is 1. The number of hydrogen-bond donors (Lipinski definition) is 1. The Bertz CT molecular complexity index is 273. The molecule has 0 aliphatic carbocycles. The largest absolute Gasteiger partial charge is 0.390 e. The Morgan fingerprint density at radius 1 is 1.67 bits per heavy atom. The molecule has 1 N–H and O–H groups in total. The summed E-state index contributed by atoms with van der Waals surface area (Å²) in [5.41, 5.74) is 0. The van der Waals surface area contributed by atoms with Gasteiger partial charge in [0, 0.05) is 7.05 Å². The van der Waals surface area contributed by atoms with Gasteiger partial charge in [-0.25, -0.2) is 4.98 Å². The molecule has 1 aliphatic heterocycles. The Morgan fingerprint density at radius 3 is 3.00 bits per heavy atom. The number of hydrogen-bond acceptors (Lipinski definition) is 4. The second kappa shape index (κ2) is 2.84. The van der Waals surface area contributed by atoms with Crippen LogP contribution in [-0.2, 0) is 11.8 Å². The van der Waals surface area contributed by atoms with Gasteiger partial charge in [-0.2, -0.15) is 5.10 Å². The summed E-state index contributed by atoms with van der Waals surface area (Å²) in [5, 5.41) is 13.4.